The molecule has 2 aromatic rings. The number of methoxy groups -OCH3 is 1. The minimum absolute atomic E-state index is 0.0749. The lowest BCUT2D eigenvalue weighted by atomic mass is 9.91. The number of amides is 2. The van der Waals surface area contributed by atoms with Gasteiger partial charge in [-0.1, -0.05) is 12.1 Å². The Balaban J connectivity index is 2.22. The van der Waals surface area contributed by atoms with Crippen molar-refractivity contribution in [2.45, 2.75) is 13.0 Å². The molecule has 150 valence electrons. The third kappa shape index (κ3) is 4.03. The summed E-state index contributed by atoms with van der Waals surface area (Å²) in [7, 11) is 1.52. The Hall–Kier alpha value is -3.88. The maximum Gasteiger partial charge on any atom is 0.338 e. The molecule has 1 aliphatic heterocycles. The van der Waals surface area contributed by atoms with Crippen molar-refractivity contribution in [3.05, 3.63) is 75.3 Å². The maximum absolute atomic E-state index is 12.8. The number of hydrogen-bond donors (Lipinski definition) is 2. The lowest BCUT2D eigenvalue weighted by molar-refractivity contribution is -0.385. The first-order chi connectivity index (χ1) is 14.0. The molecule has 0 saturated heterocycles. The summed E-state index contributed by atoms with van der Waals surface area (Å²) < 4.78 is 10.3. The number of nitro benzene ring substituents is 1. The summed E-state index contributed by atoms with van der Waals surface area (Å²) in [6.07, 6.45) is 0. The van der Waals surface area contributed by atoms with Gasteiger partial charge in [0.2, 0.25) is 0 Å². The van der Waals surface area contributed by atoms with E-state index in [4.69, 9.17) is 9.47 Å². The molecular weight excluding hydrogens is 378 g/mol. The Morgan fingerprint density at radius 2 is 1.86 bits per heavy atom. The number of carbonyl (C=O) groups excluding carboxylic acids is 2. The number of ether oxygens (including phenoxy) is 2. The topological polar surface area (TPSA) is 120 Å². The number of esters is 1. The van der Waals surface area contributed by atoms with Crippen LogP contribution < -0.4 is 15.4 Å². The number of nitrogens with zero attached hydrogens (tertiary/aromatic N) is 1. The van der Waals surface area contributed by atoms with Crippen LogP contribution in [0.1, 0.15) is 24.1 Å². The van der Waals surface area contributed by atoms with Gasteiger partial charge in [-0.05, 0) is 42.8 Å². The second kappa shape index (κ2) is 8.42. The highest BCUT2D eigenvalue weighted by atomic mass is 16.6. The molecular formula is C20H19N3O6. The highest BCUT2D eigenvalue weighted by Gasteiger charge is 2.37. The smallest absolute Gasteiger partial charge is 0.338 e. The molecule has 0 fully saturated rings. The second-order valence-electron chi connectivity index (χ2n) is 6.09. The van der Waals surface area contributed by atoms with E-state index in [0.29, 0.717) is 11.3 Å². The standard InChI is InChI=1S/C20H19N3O6/c1-3-29-19(24)16-17(12-8-10-13(28-2)11-9-12)21-20(25)22-18(16)14-6-4-5-7-15(14)23(26)27/h4-11,18H,3H2,1-2H3,(H2,21,22,25). The largest absolute Gasteiger partial charge is 0.497 e. The van der Waals surface area contributed by atoms with Crippen molar-refractivity contribution >= 4 is 23.4 Å². The molecule has 0 aliphatic carbocycles. The summed E-state index contributed by atoms with van der Waals surface area (Å²) in [5.41, 5.74) is 0.799. The van der Waals surface area contributed by atoms with E-state index in [-0.39, 0.29) is 29.1 Å². The molecule has 0 aromatic heterocycles. The predicted octanol–water partition coefficient (Wildman–Crippen LogP) is 2.93. The van der Waals surface area contributed by atoms with E-state index in [9.17, 15) is 19.7 Å². The first kappa shape index (κ1) is 19.9. The number of nitrogens with one attached hydrogen (secondary N) is 2. The molecule has 9 nitrogen and oxygen atoms in total. The second-order valence-corrected chi connectivity index (χ2v) is 6.09. The lowest BCUT2D eigenvalue weighted by Gasteiger charge is -2.29. The molecule has 0 radical (unpaired) electrons. The van der Waals surface area contributed by atoms with Crippen LogP contribution in [0.3, 0.4) is 0 Å². The fraction of sp³-hybridized carbons (Fsp3) is 0.200. The Labute approximate surface area is 166 Å². The number of carbonyl (C=O) groups is 2. The van der Waals surface area contributed by atoms with Gasteiger partial charge in [-0.25, -0.2) is 9.59 Å². The van der Waals surface area contributed by atoms with Gasteiger partial charge in [0.15, 0.2) is 0 Å². The summed E-state index contributed by atoms with van der Waals surface area (Å²) in [5, 5.41) is 16.7. The molecule has 29 heavy (non-hydrogen) atoms. The van der Waals surface area contributed by atoms with Crippen LogP contribution in [0.2, 0.25) is 0 Å². The predicted molar refractivity (Wildman–Crippen MR) is 104 cm³/mol. The first-order valence-electron chi connectivity index (χ1n) is 8.82. The Bertz CT molecular complexity index is 984. The summed E-state index contributed by atoms with van der Waals surface area (Å²) in [6, 6.07) is 11.0. The Morgan fingerprint density at radius 3 is 2.48 bits per heavy atom. The van der Waals surface area contributed by atoms with E-state index >= 15 is 0 Å². The molecule has 1 atom stereocenters. The average molecular weight is 397 g/mol. The number of para-hydroxylation sites is 1. The zero-order valence-electron chi connectivity index (χ0n) is 15.8. The average Bonchev–Trinajstić information content (AvgIpc) is 2.73. The van der Waals surface area contributed by atoms with Crippen molar-refractivity contribution in [3.8, 4) is 5.75 Å². The zero-order chi connectivity index (χ0) is 21.0. The van der Waals surface area contributed by atoms with Gasteiger partial charge in [-0.2, -0.15) is 0 Å². The number of rotatable bonds is 6. The molecule has 1 heterocycles. The van der Waals surface area contributed by atoms with E-state index in [1.807, 2.05) is 0 Å². The third-order valence-corrected chi connectivity index (χ3v) is 4.39. The van der Waals surface area contributed by atoms with Crippen LogP contribution in [0.15, 0.2) is 54.1 Å². The molecule has 1 aliphatic rings. The van der Waals surface area contributed by atoms with Gasteiger partial charge in [0.1, 0.15) is 5.75 Å². The van der Waals surface area contributed by atoms with Crippen LogP contribution in [0.25, 0.3) is 5.70 Å². The lowest BCUT2D eigenvalue weighted by Crippen LogP contribution is -2.45. The molecule has 1 unspecified atom stereocenters. The fourth-order valence-electron chi connectivity index (χ4n) is 3.11. The van der Waals surface area contributed by atoms with Crippen molar-refractivity contribution < 1.29 is 24.0 Å². The minimum Gasteiger partial charge on any atom is -0.497 e. The van der Waals surface area contributed by atoms with Crippen molar-refractivity contribution in [2.75, 3.05) is 13.7 Å². The van der Waals surface area contributed by atoms with Gasteiger partial charge in [0.25, 0.3) is 5.69 Å². The van der Waals surface area contributed by atoms with E-state index in [1.165, 1.54) is 25.3 Å². The molecule has 2 aromatic carbocycles. The maximum atomic E-state index is 12.8. The normalized spacial score (nSPS) is 15.9. The first-order valence-corrected chi connectivity index (χ1v) is 8.82. The van der Waals surface area contributed by atoms with Crippen LogP contribution in [0.4, 0.5) is 10.5 Å². The van der Waals surface area contributed by atoms with Crippen molar-refractivity contribution in [1.29, 1.82) is 0 Å². The molecule has 9 heteroatoms. The molecule has 2 N–H and O–H groups in total. The quantitative estimate of drug-likeness (QED) is 0.439. The molecule has 0 saturated carbocycles. The summed E-state index contributed by atoms with van der Waals surface area (Å²) in [5.74, 6) is -0.0866. The number of urea groups is 1. The minimum atomic E-state index is -1.05. The van der Waals surface area contributed by atoms with Crippen LogP contribution in [0.5, 0.6) is 5.75 Å². The van der Waals surface area contributed by atoms with Crippen LogP contribution in [-0.2, 0) is 9.53 Å². The Kier molecular flexibility index (Phi) is 5.77. The SMILES string of the molecule is CCOC(=O)C1=C(c2ccc(OC)cc2)NC(=O)NC1c1ccccc1[N+](=O)[O-]. The molecule has 0 spiro atoms. The number of nitro groups is 1. The van der Waals surface area contributed by atoms with Gasteiger partial charge >= 0.3 is 12.0 Å². The monoisotopic (exact) mass is 397 g/mol. The van der Waals surface area contributed by atoms with Crippen LogP contribution >= 0.6 is 0 Å². The van der Waals surface area contributed by atoms with Gasteiger partial charge in [-0.15, -0.1) is 0 Å². The van der Waals surface area contributed by atoms with Crippen molar-refractivity contribution in [2.24, 2.45) is 0 Å². The summed E-state index contributed by atoms with van der Waals surface area (Å²) in [6.45, 7) is 1.76. The van der Waals surface area contributed by atoms with E-state index in [1.54, 1.807) is 37.3 Å². The zero-order valence-corrected chi connectivity index (χ0v) is 15.8. The van der Waals surface area contributed by atoms with Gasteiger partial charge in [0.05, 0.1) is 41.5 Å². The Morgan fingerprint density at radius 1 is 1.17 bits per heavy atom. The highest BCUT2D eigenvalue weighted by Crippen LogP contribution is 2.36. The van der Waals surface area contributed by atoms with Gasteiger partial charge < -0.3 is 20.1 Å². The molecule has 3 rings (SSSR count). The summed E-state index contributed by atoms with van der Waals surface area (Å²) in [4.78, 5) is 36.1. The molecule has 0 bridgehead atoms. The van der Waals surface area contributed by atoms with Crippen LogP contribution in [0, 0.1) is 10.1 Å². The van der Waals surface area contributed by atoms with Crippen LogP contribution in [-0.4, -0.2) is 30.6 Å². The van der Waals surface area contributed by atoms with Gasteiger partial charge in [0, 0.05) is 6.07 Å². The number of hydrogen-bond acceptors (Lipinski definition) is 6. The van der Waals surface area contributed by atoms with E-state index in [2.05, 4.69) is 10.6 Å². The summed E-state index contributed by atoms with van der Waals surface area (Å²) >= 11 is 0. The van der Waals surface area contributed by atoms with Crippen molar-refractivity contribution in [1.82, 2.24) is 10.6 Å². The molecule has 2 amide bonds. The fourth-order valence-corrected chi connectivity index (χ4v) is 3.11. The van der Waals surface area contributed by atoms with Gasteiger partial charge in [-0.3, -0.25) is 10.1 Å². The highest BCUT2D eigenvalue weighted by molar-refractivity contribution is 6.04. The number of benzene rings is 2. The third-order valence-electron chi connectivity index (χ3n) is 4.39. The van der Waals surface area contributed by atoms with E-state index < -0.39 is 23.0 Å². The van der Waals surface area contributed by atoms with Crippen molar-refractivity contribution in [3.63, 3.8) is 0 Å². The van der Waals surface area contributed by atoms with E-state index in [0.717, 1.165) is 0 Å².